The number of nitrogens with one attached hydrogen (secondary N) is 1. The number of rotatable bonds is 5. The smallest absolute Gasteiger partial charge is 0.255 e. The third-order valence-electron chi connectivity index (χ3n) is 3.81. The van der Waals surface area contributed by atoms with Gasteiger partial charge in [0.2, 0.25) is 0 Å². The molecule has 1 aliphatic rings. The molecule has 4 nitrogen and oxygen atoms in total. The van der Waals surface area contributed by atoms with Crippen molar-refractivity contribution in [1.29, 1.82) is 0 Å². The van der Waals surface area contributed by atoms with Crippen LogP contribution in [0, 0.1) is 5.92 Å². The summed E-state index contributed by atoms with van der Waals surface area (Å²) < 4.78 is 0. The molecule has 0 atom stereocenters. The molecule has 1 amide bonds. The lowest BCUT2D eigenvalue weighted by atomic mass is 10.0. The zero-order valence-corrected chi connectivity index (χ0v) is 11.1. The Kier molecular flexibility index (Phi) is 4.66. The largest absolute Gasteiger partial charge is 0.504 e. The summed E-state index contributed by atoms with van der Waals surface area (Å²) >= 11 is 0. The molecule has 1 fully saturated rings. The Hall–Kier alpha value is -1.71. The first-order chi connectivity index (χ1) is 9.18. The van der Waals surface area contributed by atoms with Crippen molar-refractivity contribution in [3.8, 4) is 11.5 Å². The molecule has 0 bridgehead atoms. The van der Waals surface area contributed by atoms with Crippen molar-refractivity contribution in [2.75, 3.05) is 6.54 Å². The van der Waals surface area contributed by atoms with Gasteiger partial charge in [-0.1, -0.05) is 31.7 Å². The molecule has 104 valence electrons. The van der Waals surface area contributed by atoms with E-state index in [9.17, 15) is 15.0 Å². The van der Waals surface area contributed by atoms with Crippen molar-refractivity contribution in [2.45, 2.75) is 38.5 Å². The standard InChI is InChI=1S/C15H21NO3/c17-13-9-3-8-12(14(13)18)15(19)16-10-4-7-11-5-1-2-6-11/h3,8-9,11,17-18H,1-2,4-7,10H2,(H,16,19). The SMILES string of the molecule is O=C(NCCCC1CCCC1)c1cccc(O)c1O. The molecule has 1 aliphatic carbocycles. The normalized spacial score (nSPS) is 15.6. The molecule has 0 aromatic heterocycles. The number of benzene rings is 1. The van der Waals surface area contributed by atoms with Crippen LogP contribution in [-0.2, 0) is 0 Å². The molecule has 4 heteroatoms. The molecule has 0 heterocycles. The molecule has 0 radical (unpaired) electrons. The average Bonchev–Trinajstić information content (AvgIpc) is 2.91. The molecule has 0 unspecified atom stereocenters. The van der Waals surface area contributed by atoms with Crippen molar-refractivity contribution in [3.63, 3.8) is 0 Å². The third-order valence-corrected chi connectivity index (χ3v) is 3.81. The highest BCUT2D eigenvalue weighted by molar-refractivity contribution is 5.97. The van der Waals surface area contributed by atoms with Crippen molar-refractivity contribution >= 4 is 5.91 Å². The number of amides is 1. The average molecular weight is 263 g/mol. The van der Waals surface area contributed by atoms with Gasteiger partial charge in [-0.05, 0) is 30.9 Å². The number of phenols is 2. The molecule has 1 aromatic carbocycles. The lowest BCUT2D eigenvalue weighted by Crippen LogP contribution is -2.24. The van der Waals surface area contributed by atoms with Crippen LogP contribution in [0.3, 0.4) is 0 Å². The minimum Gasteiger partial charge on any atom is -0.504 e. The summed E-state index contributed by atoms with van der Waals surface area (Å²) in [6.07, 6.45) is 7.45. The Morgan fingerprint density at radius 2 is 2.00 bits per heavy atom. The maximum atomic E-state index is 11.8. The van der Waals surface area contributed by atoms with E-state index in [1.165, 1.54) is 37.8 Å². The van der Waals surface area contributed by atoms with E-state index in [4.69, 9.17) is 0 Å². The van der Waals surface area contributed by atoms with Crippen LogP contribution < -0.4 is 5.32 Å². The van der Waals surface area contributed by atoms with Crippen LogP contribution in [0.15, 0.2) is 18.2 Å². The molecular formula is C15H21NO3. The molecular weight excluding hydrogens is 242 g/mol. The maximum Gasteiger partial charge on any atom is 0.255 e. The number of phenolic OH excluding ortho intramolecular Hbond substituents is 2. The first-order valence-electron chi connectivity index (χ1n) is 6.97. The minimum absolute atomic E-state index is 0.126. The molecule has 3 N–H and O–H groups in total. The second-order valence-corrected chi connectivity index (χ2v) is 5.22. The Bertz CT molecular complexity index is 439. The fraction of sp³-hybridized carbons (Fsp3) is 0.533. The highest BCUT2D eigenvalue weighted by Crippen LogP contribution is 2.29. The number of carbonyl (C=O) groups excluding carboxylic acids is 1. The quantitative estimate of drug-likeness (QED) is 0.565. The number of para-hydroxylation sites is 1. The highest BCUT2D eigenvalue weighted by atomic mass is 16.3. The van der Waals surface area contributed by atoms with Gasteiger partial charge in [0.15, 0.2) is 11.5 Å². The lowest BCUT2D eigenvalue weighted by molar-refractivity contribution is 0.0949. The van der Waals surface area contributed by atoms with E-state index in [0.717, 1.165) is 18.8 Å². The summed E-state index contributed by atoms with van der Waals surface area (Å²) in [7, 11) is 0. The zero-order valence-electron chi connectivity index (χ0n) is 11.1. The topological polar surface area (TPSA) is 69.6 Å². The van der Waals surface area contributed by atoms with Crippen LogP contribution in [0.1, 0.15) is 48.9 Å². The van der Waals surface area contributed by atoms with Gasteiger partial charge in [0, 0.05) is 6.54 Å². The van der Waals surface area contributed by atoms with Gasteiger partial charge in [0.1, 0.15) is 0 Å². The van der Waals surface area contributed by atoms with E-state index in [1.807, 2.05) is 0 Å². The molecule has 1 aromatic rings. The van der Waals surface area contributed by atoms with Gasteiger partial charge in [-0.3, -0.25) is 4.79 Å². The Balaban J connectivity index is 1.76. The van der Waals surface area contributed by atoms with E-state index in [0.29, 0.717) is 6.54 Å². The second kappa shape index (κ2) is 6.45. The van der Waals surface area contributed by atoms with E-state index in [2.05, 4.69) is 5.32 Å². The number of hydrogen-bond acceptors (Lipinski definition) is 3. The Labute approximate surface area is 113 Å². The molecule has 19 heavy (non-hydrogen) atoms. The molecule has 1 saturated carbocycles. The second-order valence-electron chi connectivity index (χ2n) is 5.22. The summed E-state index contributed by atoms with van der Waals surface area (Å²) in [4.78, 5) is 11.8. The summed E-state index contributed by atoms with van der Waals surface area (Å²) in [5.74, 6) is -0.125. The number of carbonyl (C=O) groups is 1. The Morgan fingerprint density at radius 1 is 1.26 bits per heavy atom. The van der Waals surface area contributed by atoms with Crippen LogP contribution in [-0.4, -0.2) is 22.7 Å². The van der Waals surface area contributed by atoms with Gasteiger partial charge >= 0.3 is 0 Å². The highest BCUT2D eigenvalue weighted by Gasteiger charge is 2.15. The van der Waals surface area contributed by atoms with Crippen LogP contribution in [0.4, 0.5) is 0 Å². The summed E-state index contributed by atoms with van der Waals surface area (Å²) in [6, 6.07) is 4.40. The van der Waals surface area contributed by atoms with E-state index < -0.39 is 0 Å². The Morgan fingerprint density at radius 3 is 2.74 bits per heavy atom. The van der Waals surface area contributed by atoms with Crippen LogP contribution in [0.25, 0.3) is 0 Å². The molecule has 0 saturated heterocycles. The van der Waals surface area contributed by atoms with Gasteiger partial charge in [-0.2, -0.15) is 0 Å². The van der Waals surface area contributed by atoms with Crippen LogP contribution >= 0.6 is 0 Å². The van der Waals surface area contributed by atoms with E-state index >= 15 is 0 Å². The number of hydrogen-bond donors (Lipinski definition) is 3. The van der Waals surface area contributed by atoms with Gasteiger partial charge in [0.05, 0.1) is 5.56 Å². The molecule has 2 rings (SSSR count). The first kappa shape index (κ1) is 13.7. The summed E-state index contributed by atoms with van der Waals surface area (Å²) in [5.41, 5.74) is 0.126. The summed E-state index contributed by atoms with van der Waals surface area (Å²) in [5, 5.41) is 21.7. The monoisotopic (exact) mass is 263 g/mol. The van der Waals surface area contributed by atoms with Gasteiger partial charge < -0.3 is 15.5 Å². The van der Waals surface area contributed by atoms with E-state index in [1.54, 1.807) is 6.07 Å². The van der Waals surface area contributed by atoms with Crippen LogP contribution in [0.2, 0.25) is 0 Å². The van der Waals surface area contributed by atoms with Gasteiger partial charge in [0.25, 0.3) is 5.91 Å². The zero-order chi connectivity index (χ0) is 13.7. The van der Waals surface area contributed by atoms with Gasteiger partial charge in [-0.25, -0.2) is 0 Å². The van der Waals surface area contributed by atoms with E-state index in [-0.39, 0.29) is 23.0 Å². The fourth-order valence-electron chi connectivity index (χ4n) is 2.70. The minimum atomic E-state index is -0.351. The van der Waals surface area contributed by atoms with Crippen molar-refractivity contribution < 1.29 is 15.0 Å². The van der Waals surface area contributed by atoms with Crippen molar-refractivity contribution in [3.05, 3.63) is 23.8 Å². The fourth-order valence-corrected chi connectivity index (χ4v) is 2.70. The summed E-state index contributed by atoms with van der Waals surface area (Å²) in [6.45, 7) is 0.616. The molecule has 0 spiro atoms. The predicted octanol–water partition coefficient (Wildman–Crippen LogP) is 2.80. The van der Waals surface area contributed by atoms with Gasteiger partial charge in [-0.15, -0.1) is 0 Å². The van der Waals surface area contributed by atoms with Crippen molar-refractivity contribution in [1.82, 2.24) is 5.32 Å². The first-order valence-corrected chi connectivity index (χ1v) is 6.97. The molecule has 0 aliphatic heterocycles. The maximum absolute atomic E-state index is 11.8. The number of aromatic hydroxyl groups is 2. The lowest BCUT2D eigenvalue weighted by Gasteiger charge is -2.10. The van der Waals surface area contributed by atoms with Crippen molar-refractivity contribution in [2.24, 2.45) is 5.92 Å². The van der Waals surface area contributed by atoms with Crippen LogP contribution in [0.5, 0.6) is 11.5 Å². The third kappa shape index (κ3) is 3.63. The predicted molar refractivity (Wildman–Crippen MR) is 73.3 cm³/mol.